The second-order valence-corrected chi connectivity index (χ2v) is 16.4. The molecule has 0 N–H and O–H groups in total. The van der Waals surface area contributed by atoms with E-state index in [2.05, 4.69) is 58.4 Å². The van der Waals surface area contributed by atoms with E-state index in [-0.39, 0.29) is 39.1 Å². The Hall–Kier alpha value is -2.18. The molecule has 7 heteroatoms. The lowest BCUT2D eigenvalue weighted by atomic mass is 9.32. The van der Waals surface area contributed by atoms with Crippen LogP contribution in [0.15, 0.2) is 24.5 Å². The fourth-order valence-electron chi connectivity index (χ4n) is 12.4. The van der Waals surface area contributed by atoms with Crippen LogP contribution in [0.2, 0.25) is 0 Å². The number of hydrogen-bond donors (Lipinski definition) is 0. The largest absolute Gasteiger partial charge is 0.465 e. The minimum absolute atomic E-state index is 0.0950. The predicted octanol–water partition coefficient (Wildman–Crippen LogP) is 7.85. The number of allylic oxidation sites excluding steroid dienone is 1. The summed E-state index contributed by atoms with van der Waals surface area (Å²) < 4.78 is 13.1. The lowest BCUT2D eigenvalue weighted by Gasteiger charge is -2.73. The predicted molar refractivity (Wildman–Crippen MR) is 161 cm³/mol. The average molecular weight is 580 g/mol. The molecular weight excluding hydrogens is 526 g/mol. The van der Waals surface area contributed by atoms with Crippen LogP contribution in [-0.4, -0.2) is 39.8 Å². The summed E-state index contributed by atoms with van der Waals surface area (Å²) in [7, 11) is 0. The van der Waals surface area contributed by atoms with Gasteiger partial charge in [0.2, 0.25) is 0 Å². The zero-order valence-electron chi connectivity index (χ0n) is 27.1. The topological polar surface area (TPSA) is 83.3 Å². The van der Waals surface area contributed by atoms with Crippen LogP contribution in [0.25, 0.3) is 0 Å². The first kappa shape index (κ1) is 29.9. The van der Waals surface area contributed by atoms with Crippen molar-refractivity contribution >= 4 is 12.1 Å². The highest BCUT2D eigenvalue weighted by Crippen LogP contribution is 2.77. The van der Waals surface area contributed by atoms with Gasteiger partial charge in [0.15, 0.2) is 0 Å². The van der Waals surface area contributed by atoms with Gasteiger partial charge in [0, 0.05) is 17.8 Å². The number of hydrogen-bond acceptors (Lipinski definition) is 6. The molecule has 0 unspecified atom stereocenters. The highest BCUT2D eigenvalue weighted by Gasteiger charge is 2.71. The Balaban J connectivity index is 1.29. The van der Waals surface area contributed by atoms with Crippen LogP contribution in [0, 0.1) is 56.7 Å². The van der Waals surface area contributed by atoms with Gasteiger partial charge in [-0.2, -0.15) is 4.68 Å². The first-order valence-electron chi connectivity index (χ1n) is 16.6. The lowest BCUT2D eigenvalue weighted by Crippen LogP contribution is -2.67. The van der Waals surface area contributed by atoms with Gasteiger partial charge in [-0.05, 0) is 117 Å². The maximum Gasteiger partial charge on any atom is 0.436 e. The Labute approximate surface area is 252 Å². The number of carbonyl (C=O) groups excluding carboxylic acids is 2. The van der Waals surface area contributed by atoms with E-state index in [1.54, 1.807) is 13.1 Å². The van der Waals surface area contributed by atoms with E-state index in [0.29, 0.717) is 36.2 Å². The molecule has 10 atom stereocenters. The molecule has 0 spiro atoms. The van der Waals surface area contributed by atoms with E-state index in [4.69, 9.17) is 9.47 Å². The van der Waals surface area contributed by atoms with Crippen LogP contribution in [0.3, 0.4) is 0 Å². The molecule has 7 nitrogen and oxygen atoms in total. The van der Waals surface area contributed by atoms with Crippen molar-refractivity contribution in [2.75, 3.05) is 6.61 Å². The van der Waals surface area contributed by atoms with Crippen LogP contribution in [0.1, 0.15) is 113 Å². The smallest absolute Gasteiger partial charge is 0.436 e. The number of esters is 1. The van der Waals surface area contributed by atoms with Crippen molar-refractivity contribution in [3.05, 3.63) is 24.5 Å². The molecule has 0 saturated heterocycles. The van der Waals surface area contributed by atoms with Gasteiger partial charge in [0.05, 0.1) is 19.0 Å². The third kappa shape index (κ3) is 4.10. The van der Waals surface area contributed by atoms with E-state index < -0.39 is 6.09 Å². The van der Waals surface area contributed by atoms with Crippen molar-refractivity contribution in [2.45, 2.75) is 119 Å². The molecule has 0 bridgehead atoms. The zero-order valence-corrected chi connectivity index (χ0v) is 27.1. The molecule has 1 heterocycles. The molecule has 0 aromatic carbocycles. The average Bonchev–Trinajstić information content (AvgIpc) is 3.59. The molecule has 6 rings (SSSR count). The summed E-state index contributed by atoms with van der Waals surface area (Å²) in [6.45, 7) is 21.4. The molecule has 0 radical (unpaired) electrons. The molecule has 1 aromatic rings. The third-order valence-corrected chi connectivity index (χ3v) is 14.6. The SMILES string of the molecule is C=C(C)[C@@H]1CC[C@]2(COC(C)=O)CC[C@]3(C)[C@H](CC[C@@H]4[C@@]5(C)CC[C@H](OC(=O)n6ccnn6)C(C)(C)[C@@H]5CC[C@]43C)[C@@H]12. The maximum absolute atomic E-state index is 12.9. The van der Waals surface area contributed by atoms with Gasteiger partial charge in [0.1, 0.15) is 6.10 Å². The minimum Gasteiger partial charge on any atom is -0.465 e. The van der Waals surface area contributed by atoms with Crippen LogP contribution in [-0.2, 0) is 14.3 Å². The fourth-order valence-corrected chi connectivity index (χ4v) is 12.4. The minimum atomic E-state index is -0.425. The number of rotatable bonds is 4. The Morgan fingerprint density at radius 1 is 0.905 bits per heavy atom. The van der Waals surface area contributed by atoms with E-state index in [1.165, 1.54) is 55.0 Å². The van der Waals surface area contributed by atoms with Gasteiger partial charge in [-0.3, -0.25) is 4.79 Å². The van der Waals surface area contributed by atoms with Crippen molar-refractivity contribution in [1.29, 1.82) is 0 Å². The van der Waals surface area contributed by atoms with Crippen LogP contribution < -0.4 is 0 Å². The highest BCUT2D eigenvalue weighted by molar-refractivity contribution is 5.69. The Bertz CT molecular complexity index is 1240. The van der Waals surface area contributed by atoms with Crippen molar-refractivity contribution in [1.82, 2.24) is 15.0 Å². The third-order valence-electron chi connectivity index (χ3n) is 14.6. The summed E-state index contributed by atoms with van der Waals surface area (Å²) in [6.07, 6.45) is 14.1. The van der Waals surface area contributed by atoms with Crippen LogP contribution in [0.5, 0.6) is 0 Å². The van der Waals surface area contributed by atoms with Gasteiger partial charge >= 0.3 is 12.1 Å². The highest BCUT2D eigenvalue weighted by atomic mass is 16.6. The van der Waals surface area contributed by atoms with Gasteiger partial charge in [0.25, 0.3) is 0 Å². The molecule has 232 valence electrons. The molecule has 5 saturated carbocycles. The molecule has 1 aromatic heterocycles. The summed E-state index contributed by atoms with van der Waals surface area (Å²) in [4.78, 5) is 24.8. The fraction of sp³-hybridized carbons (Fsp3) is 0.829. The number of fused-ring (bicyclic) bond motifs is 7. The summed E-state index contributed by atoms with van der Waals surface area (Å²) in [6, 6.07) is 0. The molecule has 0 aliphatic heterocycles. The first-order valence-corrected chi connectivity index (χ1v) is 16.6. The Kier molecular flexibility index (Phi) is 7.05. The van der Waals surface area contributed by atoms with Gasteiger partial charge < -0.3 is 9.47 Å². The monoisotopic (exact) mass is 579 g/mol. The molecule has 42 heavy (non-hydrogen) atoms. The molecule has 5 fully saturated rings. The second kappa shape index (κ2) is 9.92. The van der Waals surface area contributed by atoms with Crippen molar-refractivity contribution in [3.8, 4) is 0 Å². The number of aromatic nitrogens is 3. The number of carbonyl (C=O) groups is 2. The van der Waals surface area contributed by atoms with Gasteiger partial charge in [-0.25, -0.2) is 4.79 Å². The van der Waals surface area contributed by atoms with Crippen molar-refractivity contribution in [3.63, 3.8) is 0 Å². The van der Waals surface area contributed by atoms with Gasteiger partial charge in [-0.15, -0.1) is 5.10 Å². The van der Waals surface area contributed by atoms with E-state index in [9.17, 15) is 9.59 Å². The molecular formula is C35H53N3O4. The summed E-state index contributed by atoms with van der Waals surface area (Å²) >= 11 is 0. The quantitative estimate of drug-likeness (QED) is 0.267. The van der Waals surface area contributed by atoms with E-state index in [0.717, 1.165) is 25.7 Å². The van der Waals surface area contributed by atoms with Crippen LogP contribution >= 0.6 is 0 Å². The number of nitrogens with zero attached hydrogens (tertiary/aromatic N) is 3. The Morgan fingerprint density at radius 3 is 2.33 bits per heavy atom. The number of ether oxygens (including phenoxy) is 2. The molecule has 5 aliphatic rings. The van der Waals surface area contributed by atoms with Crippen molar-refractivity contribution in [2.24, 2.45) is 56.7 Å². The second-order valence-electron chi connectivity index (χ2n) is 16.4. The zero-order chi connectivity index (χ0) is 30.3. The summed E-state index contributed by atoms with van der Waals surface area (Å²) in [5, 5.41) is 7.64. The normalized spacial score (nSPS) is 45.5. The lowest BCUT2D eigenvalue weighted by molar-refractivity contribution is -0.249. The standard InChI is InChI=1S/C35H53N3O4/c1-22(2)24-11-16-35(21-41-23(3)39)18-17-33(7)25(29(24)35)9-10-27-32(6)14-13-28(42-30(40)38-20-19-36-37-38)31(4,5)26(32)12-15-34(27,33)8/h19-20,24-29H,1,9-18,21H2,2-8H3/t24-,25+,26-,27+,28-,29+,32-,33+,34+,35+/m0/s1. The maximum atomic E-state index is 12.9. The van der Waals surface area contributed by atoms with Gasteiger partial charge in [-0.1, -0.05) is 52.0 Å². The van der Waals surface area contributed by atoms with E-state index >= 15 is 0 Å². The molecule has 5 aliphatic carbocycles. The summed E-state index contributed by atoms with van der Waals surface area (Å²) in [5.41, 5.74) is 1.99. The van der Waals surface area contributed by atoms with Crippen LogP contribution in [0.4, 0.5) is 4.79 Å². The first-order chi connectivity index (χ1) is 19.7. The Morgan fingerprint density at radius 2 is 1.67 bits per heavy atom. The van der Waals surface area contributed by atoms with Crippen molar-refractivity contribution < 1.29 is 19.1 Å². The molecule has 0 amide bonds. The van der Waals surface area contributed by atoms with E-state index in [1.807, 2.05) is 0 Å². The summed E-state index contributed by atoms with van der Waals surface area (Å²) in [5.74, 6) is 2.67.